The number of hydrogen-bond acceptors (Lipinski definition) is 7. The van der Waals surface area contributed by atoms with Gasteiger partial charge in [-0.3, -0.25) is 14.9 Å². The standard InChI is InChI=1S/C15H14N4O2S2/c20-14-12(22-15(21)16-14)9-18-5-7-19(8-6-18)13-10-3-1-2-4-11(10)23-17-13/h1-4,9H,5-8H2,(H,16,20,21)/b12-9-. The van der Waals surface area contributed by atoms with Crippen LogP contribution >= 0.6 is 23.3 Å². The van der Waals surface area contributed by atoms with E-state index in [0.717, 1.165) is 43.8 Å². The van der Waals surface area contributed by atoms with Crippen molar-refractivity contribution in [1.29, 1.82) is 0 Å². The zero-order chi connectivity index (χ0) is 15.8. The third-order valence-electron chi connectivity index (χ3n) is 3.91. The number of fused-ring (bicyclic) bond motifs is 1. The van der Waals surface area contributed by atoms with Crippen LogP contribution in [-0.4, -0.2) is 46.6 Å². The summed E-state index contributed by atoms with van der Waals surface area (Å²) in [6.07, 6.45) is 1.79. The lowest BCUT2D eigenvalue weighted by Crippen LogP contribution is -2.44. The quantitative estimate of drug-likeness (QED) is 0.842. The van der Waals surface area contributed by atoms with Gasteiger partial charge in [0, 0.05) is 37.8 Å². The molecule has 0 radical (unpaired) electrons. The molecule has 2 fully saturated rings. The minimum atomic E-state index is -0.298. The average molecular weight is 346 g/mol. The summed E-state index contributed by atoms with van der Waals surface area (Å²) in [5.41, 5.74) is 0. The first-order valence-corrected chi connectivity index (χ1v) is 8.88. The smallest absolute Gasteiger partial charge is 0.290 e. The van der Waals surface area contributed by atoms with Crippen LogP contribution in [0.25, 0.3) is 10.1 Å². The second-order valence-electron chi connectivity index (χ2n) is 5.36. The van der Waals surface area contributed by atoms with Crippen LogP contribution in [0.2, 0.25) is 0 Å². The van der Waals surface area contributed by atoms with Gasteiger partial charge in [0.05, 0.1) is 9.61 Å². The topological polar surface area (TPSA) is 65.5 Å². The number of aromatic nitrogens is 1. The second-order valence-corrected chi connectivity index (χ2v) is 7.18. The van der Waals surface area contributed by atoms with Gasteiger partial charge in [0.15, 0.2) is 0 Å². The monoisotopic (exact) mass is 346 g/mol. The molecule has 4 rings (SSSR count). The molecule has 0 bridgehead atoms. The van der Waals surface area contributed by atoms with Gasteiger partial charge in [-0.1, -0.05) is 12.1 Å². The molecule has 3 heterocycles. The lowest BCUT2D eigenvalue weighted by Gasteiger charge is -2.34. The van der Waals surface area contributed by atoms with Gasteiger partial charge < -0.3 is 9.80 Å². The predicted molar refractivity (Wildman–Crippen MR) is 92.6 cm³/mol. The molecule has 8 heteroatoms. The molecule has 118 valence electrons. The van der Waals surface area contributed by atoms with Crippen molar-refractivity contribution in [2.45, 2.75) is 0 Å². The number of anilines is 1. The van der Waals surface area contributed by atoms with Gasteiger partial charge in [-0.05, 0) is 35.4 Å². The number of piperazine rings is 1. The molecule has 1 aromatic heterocycles. The highest BCUT2D eigenvalue weighted by Gasteiger charge is 2.27. The number of hydrogen-bond donors (Lipinski definition) is 1. The maximum Gasteiger partial charge on any atom is 0.290 e. The molecule has 2 amide bonds. The Balaban J connectivity index is 1.46. The number of thioether (sulfide) groups is 1. The fraction of sp³-hybridized carbons (Fsp3) is 0.267. The molecule has 0 saturated carbocycles. The largest absolute Gasteiger partial charge is 0.373 e. The summed E-state index contributed by atoms with van der Waals surface area (Å²) >= 11 is 2.49. The summed E-state index contributed by atoms with van der Waals surface area (Å²) in [7, 11) is 0. The normalized spacial score (nSPS) is 20.6. The minimum Gasteiger partial charge on any atom is -0.373 e. The van der Waals surface area contributed by atoms with E-state index in [4.69, 9.17) is 0 Å². The maximum absolute atomic E-state index is 11.6. The van der Waals surface area contributed by atoms with Crippen LogP contribution in [0, 0.1) is 0 Å². The van der Waals surface area contributed by atoms with Crippen LogP contribution in [-0.2, 0) is 4.79 Å². The third kappa shape index (κ3) is 2.79. The number of benzene rings is 1. The van der Waals surface area contributed by atoms with Crippen LogP contribution in [0.15, 0.2) is 35.4 Å². The summed E-state index contributed by atoms with van der Waals surface area (Å²) in [6.45, 7) is 3.30. The lowest BCUT2D eigenvalue weighted by molar-refractivity contribution is -0.115. The minimum absolute atomic E-state index is 0.297. The molecule has 2 aromatic rings. The van der Waals surface area contributed by atoms with Crippen molar-refractivity contribution in [3.05, 3.63) is 35.4 Å². The van der Waals surface area contributed by atoms with Crippen molar-refractivity contribution in [2.24, 2.45) is 0 Å². The van der Waals surface area contributed by atoms with Crippen molar-refractivity contribution in [1.82, 2.24) is 14.6 Å². The summed E-state index contributed by atoms with van der Waals surface area (Å²) in [5.74, 6) is 0.744. The van der Waals surface area contributed by atoms with Crippen molar-refractivity contribution >= 4 is 50.3 Å². The Kier molecular flexibility index (Phi) is 3.70. The third-order valence-corrected chi connectivity index (χ3v) is 5.53. The summed E-state index contributed by atoms with van der Waals surface area (Å²) in [5, 5.41) is 3.18. The summed E-state index contributed by atoms with van der Waals surface area (Å²) in [4.78, 5) is 27.6. The Morgan fingerprint density at radius 2 is 1.91 bits per heavy atom. The first-order valence-electron chi connectivity index (χ1n) is 7.29. The van der Waals surface area contributed by atoms with E-state index >= 15 is 0 Å². The fourth-order valence-electron chi connectivity index (χ4n) is 2.74. The first-order chi connectivity index (χ1) is 11.2. The zero-order valence-corrected chi connectivity index (χ0v) is 13.8. The molecule has 2 aliphatic rings. The number of rotatable bonds is 2. The Morgan fingerprint density at radius 3 is 2.65 bits per heavy atom. The number of carbonyl (C=O) groups excluding carboxylic acids is 2. The molecule has 0 atom stereocenters. The molecule has 1 N–H and O–H groups in total. The number of amides is 2. The summed E-state index contributed by atoms with van der Waals surface area (Å²) in [6, 6.07) is 8.26. The zero-order valence-electron chi connectivity index (χ0n) is 12.2. The maximum atomic E-state index is 11.6. The van der Waals surface area contributed by atoms with E-state index < -0.39 is 0 Å². The van der Waals surface area contributed by atoms with Gasteiger partial charge in [0.2, 0.25) is 0 Å². The summed E-state index contributed by atoms with van der Waals surface area (Å²) < 4.78 is 5.79. The highest BCUT2D eigenvalue weighted by molar-refractivity contribution is 8.18. The van der Waals surface area contributed by atoms with Crippen molar-refractivity contribution in [2.75, 3.05) is 31.1 Å². The highest BCUT2D eigenvalue weighted by atomic mass is 32.2. The van der Waals surface area contributed by atoms with Crippen LogP contribution in [0.1, 0.15) is 0 Å². The van der Waals surface area contributed by atoms with Crippen LogP contribution in [0.5, 0.6) is 0 Å². The van der Waals surface area contributed by atoms with Crippen LogP contribution in [0.3, 0.4) is 0 Å². The van der Waals surface area contributed by atoms with E-state index in [-0.39, 0.29) is 11.1 Å². The van der Waals surface area contributed by atoms with Gasteiger partial charge in [-0.2, -0.15) is 4.37 Å². The van der Waals surface area contributed by atoms with E-state index in [2.05, 4.69) is 31.6 Å². The van der Waals surface area contributed by atoms with Gasteiger partial charge in [0.25, 0.3) is 11.1 Å². The predicted octanol–water partition coefficient (Wildman–Crippen LogP) is 2.24. The van der Waals surface area contributed by atoms with Gasteiger partial charge in [-0.15, -0.1) is 0 Å². The fourth-order valence-corrected chi connectivity index (χ4v) is 4.22. The van der Waals surface area contributed by atoms with Crippen LogP contribution in [0.4, 0.5) is 10.6 Å². The first kappa shape index (κ1) is 14.5. The molecule has 6 nitrogen and oxygen atoms in total. The number of carbonyl (C=O) groups is 2. The molecule has 1 aromatic carbocycles. The number of nitrogens with one attached hydrogen (secondary N) is 1. The number of imide groups is 1. The van der Waals surface area contributed by atoms with E-state index in [1.54, 1.807) is 6.20 Å². The van der Waals surface area contributed by atoms with E-state index in [1.807, 2.05) is 12.1 Å². The molecule has 0 unspecified atom stereocenters. The molecule has 2 aliphatic heterocycles. The molecule has 0 aliphatic carbocycles. The number of nitrogens with zero attached hydrogens (tertiary/aromatic N) is 3. The Hall–Kier alpha value is -2.06. The molecular weight excluding hydrogens is 332 g/mol. The van der Waals surface area contributed by atoms with Crippen LogP contribution < -0.4 is 10.2 Å². The lowest BCUT2D eigenvalue weighted by atomic mass is 10.2. The van der Waals surface area contributed by atoms with Crippen molar-refractivity contribution < 1.29 is 9.59 Å². The SMILES string of the molecule is O=C1NC(=O)/C(=C/N2CCN(c3nsc4ccccc34)CC2)S1. The Bertz CT molecular complexity index is 809. The molecular formula is C15H14N4O2S2. The Labute approximate surface area is 141 Å². The highest BCUT2D eigenvalue weighted by Crippen LogP contribution is 2.30. The van der Waals surface area contributed by atoms with E-state index in [9.17, 15) is 9.59 Å². The molecule has 0 spiro atoms. The van der Waals surface area contributed by atoms with Gasteiger partial charge >= 0.3 is 0 Å². The van der Waals surface area contributed by atoms with Gasteiger partial charge in [-0.25, -0.2) is 0 Å². The van der Waals surface area contributed by atoms with Crippen molar-refractivity contribution in [3.63, 3.8) is 0 Å². The Morgan fingerprint density at radius 1 is 1.13 bits per heavy atom. The molecule has 2 saturated heterocycles. The second kappa shape index (κ2) is 5.86. The van der Waals surface area contributed by atoms with Gasteiger partial charge in [0.1, 0.15) is 5.82 Å². The average Bonchev–Trinajstić information content (AvgIpc) is 3.12. The molecule has 23 heavy (non-hydrogen) atoms. The van der Waals surface area contributed by atoms with E-state index in [1.165, 1.54) is 21.6 Å². The van der Waals surface area contributed by atoms with Crippen molar-refractivity contribution in [3.8, 4) is 0 Å². The van der Waals surface area contributed by atoms with E-state index in [0.29, 0.717) is 4.91 Å².